The van der Waals surface area contributed by atoms with Crippen molar-refractivity contribution in [2.75, 3.05) is 11.9 Å². The van der Waals surface area contributed by atoms with Gasteiger partial charge in [-0.25, -0.2) is 4.98 Å². The average molecular weight is 233 g/mol. The Morgan fingerprint density at radius 1 is 1.38 bits per heavy atom. The second-order valence-electron chi connectivity index (χ2n) is 3.86. The summed E-state index contributed by atoms with van der Waals surface area (Å²) in [5.74, 6) is 0. The van der Waals surface area contributed by atoms with E-state index in [-0.39, 0.29) is 5.54 Å². The third kappa shape index (κ3) is 2.23. The predicted molar refractivity (Wildman–Crippen MR) is 68.6 cm³/mol. The van der Waals surface area contributed by atoms with E-state index in [2.05, 4.69) is 29.4 Å². The van der Waals surface area contributed by atoms with Gasteiger partial charge in [0.2, 0.25) is 0 Å². The first kappa shape index (κ1) is 11.1. The van der Waals surface area contributed by atoms with Crippen LogP contribution in [0.4, 0.5) is 5.13 Å². The average Bonchev–Trinajstić information content (AvgIpc) is 2.83. The Labute approximate surface area is 99.3 Å². The van der Waals surface area contributed by atoms with E-state index in [1.807, 2.05) is 23.6 Å². The largest absolute Gasteiger partial charge is 0.351 e. The van der Waals surface area contributed by atoms with Crippen LogP contribution in [-0.4, -0.2) is 11.5 Å². The van der Waals surface area contributed by atoms with Crippen molar-refractivity contribution in [3.05, 3.63) is 47.5 Å². The molecule has 1 aromatic carbocycles. The molecule has 0 saturated heterocycles. The van der Waals surface area contributed by atoms with Crippen LogP contribution in [0.2, 0.25) is 0 Å². The summed E-state index contributed by atoms with van der Waals surface area (Å²) in [5.41, 5.74) is 6.78. The lowest BCUT2D eigenvalue weighted by Crippen LogP contribution is -2.39. The number of aromatic nitrogens is 1. The van der Waals surface area contributed by atoms with Crippen molar-refractivity contribution >= 4 is 16.5 Å². The molecule has 1 atom stereocenters. The van der Waals surface area contributed by atoms with E-state index in [1.165, 1.54) is 5.56 Å². The molecular weight excluding hydrogens is 218 g/mol. The van der Waals surface area contributed by atoms with E-state index in [0.29, 0.717) is 6.54 Å². The smallest absolute Gasteiger partial charge is 0.183 e. The minimum Gasteiger partial charge on any atom is -0.351 e. The van der Waals surface area contributed by atoms with Crippen molar-refractivity contribution in [1.82, 2.24) is 4.98 Å². The number of nitrogens with zero attached hydrogens (tertiary/aromatic N) is 1. The Kier molecular flexibility index (Phi) is 3.22. The molecule has 0 saturated carbocycles. The summed E-state index contributed by atoms with van der Waals surface area (Å²) < 4.78 is 0. The quantitative estimate of drug-likeness (QED) is 0.852. The highest BCUT2D eigenvalue weighted by Gasteiger charge is 2.25. The molecule has 4 heteroatoms. The monoisotopic (exact) mass is 233 g/mol. The zero-order valence-electron chi connectivity index (χ0n) is 9.18. The zero-order valence-corrected chi connectivity index (χ0v) is 10.00. The Morgan fingerprint density at radius 3 is 2.69 bits per heavy atom. The number of hydrogen-bond acceptors (Lipinski definition) is 4. The molecule has 0 fully saturated rings. The minimum absolute atomic E-state index is 0.265. The van der Waals surface area contributed by atoms with Crippen molar-refractivity contribution in [1.29, 1.82) is 0 Å². The molecule has 0 radical (unpaired) electrons. The van der Waals surface area contributed by atoms with E-state index in [1.54, 1.807) is 17.5 Å². The molecule has 84 valence electrons. The predicted octanol–water partition coefficient (Wildman–Crippen LogP) is 2.43. The standard InChI is InChI=1S/C12H15N3S/c1-12(9-13,10-5-3-2-4-6-10)15-11-14-7-8-16-11/h2-8H,9,13H2,1H3,(H,14,15). The van der Waals surface area contributed by atoms with Crippen LogP contribution in [0.1, 0.15) is 12.5 Å². The number of nitrogens with one attached hydrogen (secondary N) is 1. The fourth-order valence-electron chi connectivity index (χ4n) is 1.57. The highest BCUT2D eigenvalue weighted by molar-refractivity contribution is 7.13. The molecule has 0 spiro atoms. The molecule has 1 aromatic heterocycles. The second kappa shape index (κ2) is 4.63. The normalized spacial score (nSPS) is 14.4. The van der Waals surface area contributed by atoms with E-state index < -0.39 is 0 Å². The minimum atomic E-state index is -0.265. The number of benzene rings is 1. The summed E-state index contributed by atoms with van der Waals surface area (Å²) in [6, 6.07) is 10.2. The molecule has 16 heavy (non-hydrogen) atoms. The van der Waals surface area contributed by atoms with Gasteiger partial charge in [-0.05, 0) is 12.5 Å². The third-order valence-corrected chi connectivity index (χ3v) is 3.32. The highest BCUT2D eigenvalue weighted by atomic mass is 32.1. The summed E-state index contributed by atoms with van der Waals surface area (Å²) in [5, 5.41) is 6.23. The molecule has 3 N–H and O–H groups in total. The van der Waals surface area contributed by atoms with Gasteiger partial charge in [-0.3, -0.25) is 0 Å². The van der Waals surface area contributed by atoms with Gasteiger partial charge < -0.3 is 11.1 Å². The molecule has 0 aliphatic heterocycles. The lowest BCUT2D eigenvalue weighted by molar-refractivity contribution is 0.556. The first-order chi connectivity index (χ1) is 7.74. The summed E-state index contributed by atoms with van der Waals surface area (Å²) >= 11 is 1.58. The van der Waals surface area contributed by atoms with Crippen LogP contribution >= 0.6 is 11.3 Å². The number of hydrogen-bond donors (Lipinski definition) is 2. The first-order valence-corrected chi connectivity index (χ1v) is 6.06. The fraction of sp³-hybridized carbons (Fsp3) is 0.250. The Bertz CT molecular complexity index is 427. The summed E-state index contributed by atoms with van der Waals surface area (Å²) in [7, 11) is 0. The molecule has 2 aromatic rings. The van der Waals surface area contributed by atoms with E-state index in [4.69, 9.17) is 5.73 Å². The van der Waals surface area contributed by atoms with Crippen LogP contribution in [0.25, 0.3) is 0 Å². The van der Waals surface area contributed by atoms with Crippen LogP contribution < -0.4 is 11.1 Å². The van der Waals surface area contributed by atoms with E-state index >= 15 is 0 Å². The van der Waals surface area contributed by atoms with Crippen molar-refractivity contribution in [3.8, 4) is 0 Å². The van der Waals surface area contributed by atoms with Gasteiger partial charge in [0.15, 0.2) is 5.13 Å². The van der Waals surface area contributed by atoms with Gasteiger partial charge in [0.1, 0.15) is 0 Å². The summed E-state index contributed by atoms with van der Waals surface area (Å²) in [4.78, 5) is 4.23. The van der Waals surface area contributed by atoms with Gasteiger partial charge in [0, 0.05) is 18.1 Å². The first-order valence-electron chi connectivity index (χ1n) is 5.18. The molecular formula is C12H15N3S. The maximum absolute atomic E-state index is 5.87. The Balaban J connectivity index is 2.26. The zero-order chi connectivity index (χ0) is 11.4. The van der Waals surface area contributed by atoms with Gasteiger partial charge in [-0.15, -0.1) is 11.3 Å². The highest BCUT2D eigenvalue weighted by Crippen LogP contribution is 2.25. The van der Waals surface area contributed by atoms with Crippen LogP contribution in [-0.2, 0) is 5.54 Å². The molecule has 1 heterocycles. The van der Waals surface area contributed by atoms with Crippen LogP contribution in [0.15, 0.2) is 41.9 Å². The topological polar surface area (TPSA) is 50.9 Å². The molecule has 2 rings (SSSR count). The number of rotatable bonds is 4. The summed E-state index contributed by atoms with van der Waals surface area (Å²) in [6.07, 6.45) is 1.79. The maximum Gasteiger partial charge on any atom is 0.183 e. The molecule has 0 bridgehead atoms. The van der Waals surface area contributed by atoms with E-state index in [9.17, 15) is 0 Å². The van der Waals surface area contributed by atoms with Crippen LogP contribution in [0.5, 0.6) is 0 Å². The Hall–Kier alpha value is -1.39. The lowest BCUT2D eigenvalue weighted by atomic mass is 9.92. The number of thiazole rings is 1. The van der Waals surface area contributed by atoms with Crippen molar-refractivity contribution in [2.24, 2.45) is 5.73 Å². The molecule has 1 unspecified atom stereocenters. The third-order valence-electron chi connectivity index (χ3n) is 2.63. The molecule has 0 aliphatic rings. The summed E-state index contributed by atoms with van der Waals surface area (Å²) in [6.45, 7) is 2.61. The van der Waals surface area contributed by atoms with Crippen molar-refractivity contribution in [3.63, 3.8) is 0 Å². The van der Waals surface area contributed by atoms with Gasteiger partial charge >= 0.3 is 0 Å². The second-order valence-corrected chi connectivity index (χ2v) is 4.76. The van der Waals surface area contributed by atoms with Crippen molar-refractivity contribution in [2.45, 2.75) is 12.5 Å². The lowest BCUT2D eigenvalue weighted by Gasteiger charge is -2.29. The van der Waals surface area contributed by atoms with E-state index in [0.717, 1.165) is 5.13 Å². The molecule has 0 amide bonds. The fourth-order valence-corrected chi connectivity index (χ4v) is 2.22. The van der Waals surface area contributed by atoms with Crippen LogP contribution in [0, 0.1) is 0 Å². The van der Waals surface area contributed by atoms with Crippen LogP contribution in [0.3, 0.4) is 0 Å². The molecule has 3 nitrogen and oxygen atoms in total. The van der Waals surface area contributed by atoms with Gasteiger partial charge in [-0.1, -0.05) is 30.3 Å². The Morgan fingerprint density at radius 2 is 2.12 bits per heavy atom. The van der Waals surface area contributed by atoms with Gasteiger partial charge in [0.25, 0.3) is 0 Å². The van der Waals surface area contributed by atoms with Gasteiger partial charge in [-0.2, -0.15) is 0 Å². The van der Waals surface area contributed by atoms with Crippen molar-refractivity contribution < 1.29 is 0 Å². The number of anilines is 1. The maximum atomic E-state index is 5.87. The van der Waals surface area contributed by atoms with Gasteiger partial charge in [0.05, 0.1) is 5.54 Å². The SMILES string of the molecule is CC(CN)(Nc1nccs1)c1ccccc1. The number of nitrogens with two attached hydrogens (primary N) is 1. The molecule has 0 aliphatic carbocycles.